The lowest BCUT2D eigenvalue weighted by Crippen LogP contribution is -2.42. The molecule has 1 fully saturated rings. The number of aromatic nitrogens is 2. The van der Waals surface area contributed by atoms with Crippen LogP contribution in [0.2, 0.25) is 0 Å². The monoisotopic (exact) mass is 311 g/mol. The number of ether oxygens (including phenoxy) is 1. The summed E-state index contributed by atoms with van der Waals surface area (Å²) in [7, 11) is 0. The summed E-state index contributed by atoms with van der Waals surface area (Å²) in [4.78, 5) is 8.96. The molecule has 0 aromatic carbocycles. The van der Waals surface area contributed by atoms with Gasteiger partial charge in [-0.15, -0.1) is 11.8 Å². The molecule has 0 saturated carbocycles. The Morgan fingerprint density at radius 2 is 2.33 bits per heavy atom. The van der Waals surface area contributed by atoms with Crippen LogP contribution < -0.4 is 5.73 Å². The minimum Gasteiger partial charge on any atom is -0.393 e. The fourth-order valence-electron chi connectivity index (χ4n) is 2.58. The van der Waals surface area contributed by atoms with Gasteiger partial charge < -0.3 is 20.7 Å². The van der Waals surface area contributed by atoms with Crippen LogP contribution in [0.4, 0.5) is 5.82 Å². The lowest BCUT2D eigenvalue weighted by Gasteiger charge is -2.29. The molecule has 1 aliphatic heterocycles. The molecule has 2 heterocycles. The van der Waals surface area contributed by atoms with Crippen molar-refractivity contribution in [1.82, 2.24) is 9.97 Å². The lowest BCUT2D eigenvalue weighted by atomic mass is 9.93. The zero-order valence-electron chi connectivity index (χ0n) is 12.2. The van der Waals surface area contributed by atoms with Gasteiger partial charge >= 0.3 is 0 Å². The predicted molar refractivity (Wildman–Crippen MR) is 82.9 cm³/mol. The number of aliphatic hydroxyl groups is 2. The summed E-state index contributed by atoms with van der Waals surface area (Å²) < 4.78 is 5.91. The molecule has 1 aliphatic rings. The summed E-state index contributed by atoms with van der Waals surface area (Å²) in [5.74, 6) is 0.399. The molecule has 0 unspecified atom stereocenters. The number of thioether (sulfide) groups is 1. The van der Waals surface area contributed by atoms with Crippen LogP contribution in [-0.2, 0) is 4.74 Å². The Morgan fingerprint density at radius 1 is 1.62 bits per heavy atom. The van der Waals surface area contributed by atoms with Crippen LogP contribution in [0.25, 0.3) is 5.57 Å². The molecule has 3 atom stereocenters. The third kappa shape index (κ3) is 2.78. The van der Waals surface area contributed by atoms with E-state index in [1.165, 1.54) is 18.1 Å². The third-order valence-electron chi connectivity index (χ3n) is 4.02. The van der Waals surface area contributed by atoms with Crippen LogP contribution in [0.3, 0.4) is 0 Å². The highest BCUT2D eigenvalue weighted by atomic mass is 32.2. The molecule has 0 amide bonds. The molecule has 1 aromatic heterocycles. The average Bonchev–Trinajstić information content (AvgIpc) is 2.83. The number of rotatable bonds is 5. The first-order valence-electron chi connectivity index (χ1n) is 6.79. The van der Waals surface area contributed by atoms with Gasteiger partial charge in [-0.3, -0.25) is 0 Å². The van der Waals surface area contributed by atoms with E-state index in [0.29, 0.717) is 29.9 Å². The van der Waals surface area contributed by atoms with Crippen LogP contribution in [0, 0.1) is 0 Å². The van der Waals surface area contributed by atoms with Crippen molar-refractivity contribution >= 4 is 23.2 Å². The van der Waals surface area contributed by atoms with Crippen molar-refractivity contribution in [1.29, 1.82) is 0 Å². The molecule has 0 spiro atoms. The molecule has 4 N–H and O–H groups in total. The second-order valence-corrected chi connectivity index (χ2v) is 5.92. The molecule has 2 rings (SSSR count). The van der Waals surface area contributed by atoms with Crippen LogP contribution in [-0.4, -0.2) is 50.9 Å². The Hall–Kier alpha value is -1.15. The molecule has 7 heteroatoms. The summed E-state index contributed by atoms with van der Waals surface area (Å²) in [6.07, 6.45) is 3.06. The smallest absolute Gasteiger partial charge is 0.141 e. The Labute approximate surface area is 128 Å². The van der Waals surface area contributed by atoms with Crippen LogP contribution in [0.5, 0.6) is 0 Å². The zero-order chi connectivity index (χ0) is 15.6. The summed E-state index contributed by atoms with van der Waals surface area (Å²) in [5, 5.41) is 19.7. The normalized spacial score (nSPS) is 28.8. The zero-order valence-corrected chi connectivity index (χ0v) is 13.1. The Morgan fingerprint density at radius 3 is 2.86 bits per heavy atom. The number of hydrogen-bond donors (Lipinski definition) is 3. The Balaban J connectivity index is 2.29. The summed E-state index contributed by atoms with van der Waals surface area (Å²) in [5.41, 5.74) is 6.22. The molecule has 0 bridgehead atoms. The molecule has 0 radical (unpaired) electrons. The fraction of sp³-hybridized carbons (Fsp3) is 0.571. The van der Waals surface area contributed by atoms with Gasteiger partial charge in [0.1, 0.15) is 17.7 Å². The van der Waals surface area contributed by atoms with E-state index < -0.39 is 17.8 Å². The minimum atomic E-state index is -0.925. The topological polar surface area (TPSA) is 101 Å². The lowest BCUT2D eigenvalue weighted by molar-refractivity contribution is -0.103. The Bertz CT molecular complexity index is 534. The highest BCUT2D eigenvalue weighted by Gasteiger charge is 2.47. The van der Waals surface area contributed by atoms with Crippen molar-refractivity contribution in [3.05, 3.63) is 18.6 Å². The highest BCUT2D eigenvalue weighted by molar-refractivity contribution is 7.98. The SMILES string of the molecule is C=C(c1ncnc(N)c1SC)[C@H]1C[C@H](O)[C@@](CC)(CO)O1. The maximum absolute atomic E-state index is 10.2. The molecule has 1 saturated heterocycles. The highest BCUT2D eigenvalue weighted by Crippen LogP contribution is 2.40. The van der Waals surface area contributed by atoms with E-state index in [0.717, 1.165) is 4.90 Å². The van der Waals surface area contributed by atoms with Crippen molar-refractivity contribution in [3.63, 3.8) is 0 Å². The number of nitrogens with two attached hydrogens (primary N) is 1. The Kier molecular flexibility index (Phi) is 4.88. The van der Waals surface area contributed by atoms with E-state index in [-0.39, 0.29) is 6.61 Å². The number of anilines is 1. The van der Waals surface area contributed by atoms with Gasteiger partial charge in [0.05, 0.1) is 29.4 Å². The predicted octanol–water partition coefficient (Wildman–Crippen LogP) is 1.08. The molecule has 0 aliphatic carbocycles. The van der Waals surface area contributed by atoms with Gasteiger partial charge in [-0.2, -0.15) is 0 Å². The van der Waals surface area contributed by atoms with E-state index in [9.17, 15) is 10.2 Å². The third-order valence-corrected chi connectivity index (χ3v) is 4.83. The molecular weight excluding hydrogens is 290 g/mol. The van der Waals surface area contributed by atoms with Crippen molar-refractivity contribution in [2.24, 2.45) is 0 Å². The van der Waals surface area contributed by atoms with Crippen molar-refractivity contribution in [2.75, 3.05) is 18.6 Å². The van der Waals surface area contributed by atoms with E-state index in [1.807, 2.05) is 13.2 Å². The first kappa shape index (κ1) is 16.2. The maximum atomic E-state index is 10.2. The molecule has 21 heavy (non-hydrogen) atoms. The van der Waals surface area contributed by atoms with Crippen LogP contribution >= 0.6 is 11.8 Å². The average molecular weight is 311 g/mol. The van der Waals surface area contributed by atoms with Gasteiger partial charge in [0, 0.05) is 12.0 Å². The summed E-state index contributed by atoms with van der Waals surface area (Å²) in [6.45, 7) is 5.70. The second-order valence-electron chi connectivity index (χ2n) is 5.10. The van der Waals surface area contributed by atoms with Crippen molar-refractivity contribution < 1.29 is 14.9 Å². The standard InChI is InChI=1S/C14H21N3O3S/c1-4-14(6-18)10(19)5-9(20-14)8(2)11-12(21-3)13(15)17-7-16-11/h7,9-10,18-19H,2,4-6H2,1,3H3,(H2,15,16,17)/t9-,10+,14-/m1/s1. The summed E-state index contributed by atoms with van der Waals surface area (Å²) >= 11 is 1.44. The first-order valence-corrected chi connectivity index (χ1v) is 8.02. The number of nitrogen functional groups attached to an aromatic ring is 1. The molecule has 6 nitrogen and oxygen atoms in total. The van der Waals surface area contributed by atoms with E-state index in [1.54, 1.807) is 0 Å². The number of hydrogen-bond acceptors (Lipinski definition) is 7. The summed E-state index contributed by atoms with van der Waals surface area (Å²) in [6, 6.07) is 0. The number of aliphatic hydroxyl groups excluding tert-OH is 2. The van der Waals surface area contributed by atoms with E-state index in [2.05, 4.69) is 16.5 Å². The van der Waals surface area contributed by atoms with Crippen LogP contribution in [0.15, 0.2) is 17.8 Å². The van der Waals surface area contributed by atoms with Gasteiger partial charge in [-0.1, -0.05) is 13.5 Å². The first-order chi connectivity index (χ1) is 9.99. The van der Waals surface area contributed by atoms with Gasteiger partial charge in [0.25, 0.3) is 0 Å². The van der Waals surface area contributed by atoms with E-state index >= 15 is 0 Å². The van der Waals surface area contributed by atoms with Gasteiger partial charge in [0.15, 0.2) is 0 Å². The van der Waals surface area contributed by atoms with Gasteiger partial charge in [-0.25, -0.2) is 9.97 Å². The van der Waals surface area contributed by atoms with Gasteiger partial charge in [-0.05, 0) is 12.7 Å². The minimum absolute atomic E-state index is 0.226. The molecule has 1 aromatic rings. The van der Waals surface area contributed by atoms with E-state index in [4.69, 9.17) is 10.5 Å². The number of nitrogens with zero attached hydrogens (tertiary/aromatic N) is 2. The van der Waals surface area contributed by atoms with Gasteiger partial charge in [0.2, 0.25) is 0 Å². The largest absolute Gasteiger partial charge is 0.393 e. The second kappa shape index (κ2) is 6.31. The molecular formula is C14H21N3O3S. The quantitative estimate of drug-likeness (QED) is 0.699. The fourth-order valence-corrected chi connectivity index (χ4v) is 3.22. The van der Waals surface area contributed by atoms with Crippen molar-refractivity contribution in [3.8, 4) is 0 Å². The van der Waals surface area contributed by atoms with Crippen LogP contribution in [0.1, 0.15) is 25.5 Å². The van der Waals surface area contributed by atoms with Crippen molar-refractivity contribution in [2.45, 2.75) is 42.5 Å². The molecule has 116 valence electrons. The maximum Gasteiger partial charge on any atom is 0.141 e.